The van der Waals surface area contributed by atoms with Gasteiger partial charge in [-0.3, -0.25) is 4.79 Å². The Morgan fingerprint density at radius 3 is 2.38 bits per heavy atom. The van der Waals surface area contributed by atoms with Crippen molar-refractivity contribution in [1.82, 2.24) is 9.21 Å². The second-order valence-electron chi connectivity index (χ2n) is 5.39. The van der Waals surface area contributed by atoms with Gasteiger partial charge in [-0.2, -0.15) is 0 Å². The summed E-state index contributed by atoms with van der Waals surface area (Å²) in [5.41, 5.74) is 6.43. The quantitative estimate of drug-likeness (QED) is 0.849. The number of anilines is 1. The van der Waals surface area contributed by atoms with Gasteiger partial charge in [0.1, 0.15) is 0 Å². The highest BCUT2D eigenvalue weighted by Crippen LogP contribution is 2.22. The lowest BCUT2D eigenvalue weighted by molar-refractivity contribution is 0.0725. The predicted octanol–water partition coefficient (Wildman–Crippen LogP) is 1.15. The Bertz CT molecular complexity index is 635. The molecule has 2 N–H and O–H groups in total. The molecule has 0 aromatic heterocycles. The Morgan fingerprint density at radius 2 is 1.81 bits per heavy atom. The smallest absolute Gasteiger partial charge is 0.255 e. The van der Waals surface area contributed by atoms with E-state index in [0.717, 1.165) is 23.6 Å². The van der Waals surface area contributed by atoms with Crippen molar-refractivity contribution in [2.24, 2.45) is 0 Å². The van der Waals surface area contributed by atoms with Crippen LogP contribution in [0.25, 0.3) is 0 Å². The van der Waals surface area contributed by atoms with Gasteiger partial charge in [-0.25, -0.2) is 12.7 Å². The van der Waals surface area contributed by atoms with Crippen molar-refractivity contribution in [1.29, 1.82) is 0 Å². The minimum absolute atomic E-state index is 0.0852. The zero-order valence-electron chi connectivity index (χ0n) is 12.4. The van der Waals surface area contributed by atoms with Crippen LogP contribution >= 0.6 is 0 Å². The molecule has 1 aromatic carbocycles. The van der Waals surface area contributed by atoms with Crippen LogP contribution in [-0.2, 0) is 10.0 Å². The molecule has 7 heteroatoms. The van der Waals surface area contributed by atoms with Crippen LogP contribution in [-0.4, -0.2) is 50.7 Å². The SMILES string of the molecule is CN(C)S(=O)(=O)c1ccc(N)c(C(=O)N2CCCCC2)c1. The molecular weight excluding hydrogens is 290 g/mol. The number of carbonyl (C=O) groups is 1. The van der Waals surface area contributed by atoms with E-state index in [1.807, 2.05) is 0 Å². The molecule has 1 fully saturated rings. The molecule has 1 saturated heterocycles. The van der Waals surface area contributed by atoms with Gasteiger partial charge in [-0.05, 0) is 37.5 Å². The summed E-state index contributed by atoms with van der Waals surface area (Å²) in [7, 11) is -0.661. The van der Waals surface area contributed by atoms with Crippen molar-refractivity contribution in [3.8, 4) is 0 Å². The molecule has 0 unspecified atom stereocenters. The first-order valence-corrected chi connectivity index (χ1v) is 8.39. The molecule has 6 nitrogen and oxygen atoms in total. The first-order valence-electron chi connectivity index (χ1n) is 6.95. The zero-order valence-corrected chi connectivity index (χ0v) is 13.2. The highest BCUT2D eigenvalue weighted by Gasteiger charge is 2.24. The van der Waals surface area contributed by atoms with Gasteiger partial charge in [0.25, 0.3) is 5.91 Å². The molecule has 1 heterocycles. The fourth-order valence-corrected chi connectivity index (χ4v) is 3.29. The molecule has 0 saturated carbocycles. The van der Waals surface area contributed by atoms with Gasteiger partial charge < -0.3 is 10.6 Å². The number of carbonyl (C=O) groups excluding carboxylic acids is 1. The third-order valence-electron chi connectivity index (χ3n) is 3.68. The molecule has 0 bridgehead atoms. The number of sulfonamides is 1. The molecule has 21 heavy (non-hydrogen) atoms. The highest BCUT2D eigenvalue weighted by atomic mass is 32.2. The number of nitrogen functional groups attached to an aromatic ring is 1. The zero-order chi connectivity index (χ0) is 15.6. The summed E-state index contributed by atoms with van der Waals surface area (Å²) in [6.45, 7) is 1.39. The topological polar surface area (TPSA) is 83.7 Å². The molecule has 0 aliphatic carbocycles. The van der Waals surface area contributed by atoms with Crippen molar-refractivity contribution in [2.45, 2.75) is 24.2 Å². The van der Waals surface area contributed by atoms with Gasteiger partial charge in [0, 0.05) is 32.9 Å². The molecule has 116 valence electrons. The van der Waals surface area contributed by atoms with E-state index >= 15 is 0 Å². The van der Waals surface area contributed by atoms with E-state index in [-0.39, 0.29) is 16.4 Å². The summed E-state index contributed by atoms with van der Waals surface area (Å²) in [5, 5.41) is 0. The number of likely N-dealkylation sites (tertiary alicyclic amines) is 1. The first kappa shape index (κ1) is 15.8. The van der Waals surface area contributed by atoms with E-state index < -0.39 is 10.0 Å². The number of nitrogens with two attached hydrogens (primary N) is 1. The van der Waals surface area contributed by atoms with E-state index in [1.54, 1.807) is 4.90 Å². The number of amides is 1. The normalized spacial score (nSPS) is 16.2. The van der Waals surface area contributed by atoms with Crippen LogP contribution in [0, 0.1) is 0 Å². The summed E-state index contributed by atoms with van der Waals surface area (Å²) in [6, 6.07) is 4.28. The fourth-order valence-electron chi connectivity index (χ4n) is 2.36. The number of hydrogen-bond acceptors (Lipinski definition) is 4. The van der Waals surface area contributed by atoms with E-state index in [2.05, 4.69) is 0 Å². The summed E-state index contributed by atoms with van der Waals surface area (Å²) >= 11 is 0. The Morgan fingerprint density at radius 1 is 1.19 bits per heavy atom. The summed E-state index contributed by atoms with van der Waals surface area (Å²) in [5.74, 6) is -0.192. The molecule has 1 aliphatic rings. The van der Waals surface area contributed by atoms with Crippen LogP contribution in [0.5, 0.6) is 0 Å². The van der Waals surface area contributed by atoms with Gasteiger partial charge in [-0.1, -0.05) is 0 Å². The Hall–Kier alpha value is -1.60. The molecule has 0 spiro atoms. The highest BCUT2D eigenvalue weighted by molar-refractivity contribution is 7.89. The second kappa shape index (κ2) is 6.03. The van der Waals surface area contributed by atoms with Gasteiger partial charge in [0.05, 0.1) is 10.5 Å². The van der Waals surface area contributed by atoms with Gasteiger partial charge in [-0.15, -0.1) is 0 Å². The largest absolute Gasteiger partial charge is 0.398 e. The van der Waals surface area contributed by atoms with Gasteiger partial charge in [0.15, 0.2) is 0 Å². The minimum Gasteiger partial charge on any atom is -0.398 e. The molecule has 2 rings (SSSR count). The Balaban J connectivity index is 2.37. The van der Waals surface area contributed by atoms with Crippen LogP contribution in [0.15, 0.2) is 23.1 Å². The Kier molecular flexibility index (Phi) is 4.53. The number of benzene rings is 1. The molecular formula is C14H21N3O3S. The second-order valence-corrected chi connectivity index (χ2v) is 7.54. The lowest BCUT2D eigenvalue weighted by Crippen LogP contribution is -2.36. The first-order chi connectivity index (χ1) is 9.84. The maximum Gasteiger partial charge on any atom is 0.255 e. The minimum atomic E-state index is -3.57. The summed E-state index contributed by atoms with van der Waals surface area (Å²) < 4.78 is 25.4. The average molecular weight is 311 g/mol. The van der Waals surface area contributed by atoms with Crippen molar-refractivity contribution in [3.05, 3.63) is 23.8 Å². The third kappa shape index (κ3) is 3.19. The maximum absolute atomic E-state index is 12.5. The molecule has 1 aromatic rings. The van der Waals surface area contributed by atoms with Crippen LogP contribution in [0.3, 0.4) is 0 Å². The predicted molar refractivity (Wildman–Crippen MR) is 81.5 cm³/mol. The summed E-state index contributed by atoms with van der Waals surface area (Å²) in [6.07, 6.45) is 3.07. The number of hydrogen-bond donors (Lipinski definition) is 1. The molecule has 0 radical (unpaired) electrons. The average Bonchev–Trinajstić information content (AvgIpc) is 2.47. The molecule has 1 aliphatic heterocycles. The van der Waals surface area contributed by atoms with Gasteiger partial charge >= 0.3 is 0 Å². The number of nitrogens with zero attached hydrogens (tertiary/aromatic N) is 2. The third-order valence-corrected chi connectivity index (χ3v) is 5.49. The van der Waals surface area contributed by atoms with E-state index in [0.29, 0.717) is 18.8 Å². The standard InChI is InChI=1S/C14H21N3O3S/c1-16(2)21(19,20)11-6-7-13(15)12(10-11)14(18)17-8-4-3-5-9-17/h6-7,10H,3-5,8-9,15H2,1-2H3. The van der Waals surface area contributed by atoms with Gasteiger partial charge in [0.2, 0.25) is 10.0 Å². The van der Waals surface area contributed by atoms with E-state index in [4.69, 9.17) is 5.73 Å². The van der Waals surface area contributed by atoms with Crippen LogP contribution < -0.4 is 5.73 Å². The lowest BCUT2D eigenvalue weighted by atomic mass is 10.1. The van der Waals surface area contributed by atoms with Crippen molar-refractivity contribution < 1.29 is 13.2 Å². The van der Waals surface area contributed by atoms with Crippen LogP contribution in [0.2, 0.25) is 0 Å². The lowest BCUT2D eigenvalue weighted by Gasteiger charge is -2.27. The fraction of sp³-hybridized carbons (Fsp3) is 0.500. The van der Waals surface area contributed by atoms with Crippen LogP contribution in [0.1, 0.15) is 29.6 Å². The number of piperidine rings is 1. The van der Waals surface area contributed by atoms with E-state index in [1.165, 1.54) is 32.3 Å². The monoisotopic (exact) mass is 311 g/mol. The summed E-state index contributed by atoms with van der Waals surface area (Å²) in [4.78, 5) is 14.3. The molecule has 1 amide bonds. The molecule has 0 atom stereocenters. The van der Waals surface area contributed by atoms with Crippen LogP contribution in [0.4, 0.5) is 5.69 Å². The van der Waals surface area contributed by atoms with Crippen molar-refractivity contribution in [2.75, 3.05) is 32.9 Å². The van der Waals surface area contributed by atoms with E-state index in [9.17, 15) is 13.2 Å². The maximum atomic E-state index is 12.5. The Labute approximate surface area is 125 Å². The van der Waals surface area contributed by atoms with Crippen molar-refractivity contribution in [3.63, 3.8) is 0 Å². The number of rotatable bonds is 3. The van der Waals surface area contributed by atoms with Crippen molar-refractivity contribution >= 4 is 21.6 Å².